The van der Waals surface area contributed by atoms with Crippen molar-refractivity contribution in [3.63, 3.8) is 0 Å². The minimum Gasteiger partial charge on any atom is -0.484 e. The van der Waals surface area contributed by atoms with Crippen LogP contribution in [0.4, 0.5) is 5.69 Å². The molecular formula is C13H17ClN2O5. The van der Waals surface area contributed by atoms with Gasteiger partial charge in [0.05, 0.1) is 4.92 Å². The lowest BCUT2D eigenvalue weighted by Gasteiger charge is -2.28. The van der Waals surface area contributed by atoms with Crippen LogP contribution in [0.5, 0.6) is 5.75 Å². The smallest absolute Gasteiger partial charge is 0.327 e. The van der Waals surface area contributed by atoms with E-state index >= 15 is 0 Å². The average Bonchev–Trinajstić information content (AvgIpc) is 2.35. The average molecular weight is 317 g/mol. The van der Waals surface area contributed by atoms with Crippen LogP contribution in [0, 0.1) is 10.1 Å². The predicted molar refractivity (Wildman–Crippen MR) is 77.9 cm³/mol. The SMILES string of the molecule is CC(C)NC(C)(COc1cc(Cl)ccc1[N+](=O)[O-])C(=O)O. The van der Waals surface area contributed by atoms with Crippen molar-refractivity contribution < 1.29 is 19.6 Å². The number of hydrogen-bond donors (Lipinski definition) is 2. The minimum absolute atomic E-state index is 0.0643. The van der Waals surface area contributed by atoms with Crippen molar-refractivity contribution in [2.45, 2.75) is 32.4 Å². The number of carboxylic acid groups (broad SMARTS) is 1. The standard InChI is InChI=1S/C13H17ClN2O5/c1-8(2)15-13(3,12(17)18)7-21-11-6-9(14)4-5-10(11)16(19)20/h4-6,8,15H,7H2,1-3H3,(H,17,18). The first-order chi connectivity index (χ1) is 9.65. The maximum Gasteiger partial charge on any atom is 0.327 e. The van der Waals surface area contributed by atoms with E-state index in [1.807, 2.05) is 0 Å². The molecule has 8 heteroatoms. The molecule has 1 rings (SSSR count). The molecule has 7 nitrogen and oxygen atoms in total. The lowest BCUT2D eigenvalue weighted by atomic mass is 10.0. The van der Waals surface area contributed by atoms with E-state index in [0.717, 1.165) is 0 Å². The van der Waals surface area contributed by atoms with Gasteiger partial charge in [-0.05, 0) is 26.8 Å². The number of carboxylic acids is 1. The van der Waals surface area contributed by atoms with Crippen LogP contribution in [0.1, 0.15) is 20.8 Å². The summed E-state index contributed by atoms with van der Waals surface area (Å²) in [5, 5.41) is 23.3. The van der Waals surface area contributed by atoms with E-state index in [9.17, 15) is 20.0 Å². The summed E-state index contributed by atoms with van der Waals surface area (Å²) in [7, 11) is 0. The van der Waals surface area contributed by atoms with E-state index in [-0.39, 0.29) is 29.1 Å². The fourth-order valence-corrected chi connectivity index (χ4v) is 1.94. The van der Waals surface area contributed by atoms with E-state index in [1.165, 1.54) is 25.1 Å². The van der Waals surface area contributed by atoms with Gasteiger partial charge in [0.2, 0.25) is 0 Å². The lowest BCUT2D eigenvalue weighted by Crippen LogP contribution is -2.56. The van der Waals surface area contributed by atoms with Gasteiger partial charge in [-0.1, -0.05) is 11.6 Å². The van der Waals surface area contributed by atoms with Gasteiger partial charge < -0.3 is 9.84 Å². The van der Waals surface area contributed by atoms with Gasteiger partial charge in [0.15, 0.2) is 5.75 Å². The van der Waals surface area contributed by atoms with Gasteiger partial charge in [0.1, 0.15) is 12.1 Å². The molecule has 1 aromatic carbocycles. The van der Waals surface area contributed by atoms with Crippen molar-refractivity contribution in [1.29, 1.82) is 0 Å². The van der Waals surface area contributed by atoms with Gasteiger partial charge in [0.25, 0.3) is 0 Å². The largest absolute Gasteiger partial charge is 0.484 e. The van der Waals surface area contributed by atoms with E-state index in [0.29, 0.717) is 0 Å². The molecule has 0 fully saturated rings. The first-order valence-corrected chi connectivity index (χ1v) is 6.61. The van der Waals surface area contributed by atoms with Gasteiger partial charge in [0, 0.05) is 23.2 Å². The second-order valence-electron chi connectivity index (χ2n) is 5.09. The van der Waals surface area contributed by atoms with Crippen molar-refractivity contribution in [2.24, 2.45) is 0 Å². The number of hydrogen-bond acceptors (Lipinski definition) is 5. The number of nitro benzene ring substituents is 1. The Kier molecular flexibility index (Phi) is 5.51. The molecule has 0 aliphatic heterocycles. The summed E-state index contributed by atoms with van der Waals surface area (Å²) in [4.78, 5) is 21.7. The normalized spacial score (nSPS) is 13.8. The number of nitrogens with one attached hydrogen (secondary N) is 1. The number of benzene rings is 1. The second kappa shape index (κ2) is 6.73. The third-order valence-electron chi connectivity index (χ3n) is 2.71. The highest BCUT2D eigenvalue weighted by molar-refractivity contribution is 6.30. The fourth-order valence-electron chi connectivity index (χ4n) is 1.78. The summed E-state index contributed by atoms with van der Waals surface area (Å²) in [6.07, 6.45) is 0. The molecule has 2 N–H and O–H groups in total. The maximum absolute atomic E-state index is 11.4. The molecule has 21 heavy (non-hydrogen) atoms. The summed E-state index contributed by atoms with van der Waals surface area (Å²) in [5.74, 6) is -1.17. The quantitative estimate of drug-likeness (QED) is 0.592. The number of nitro groups is 1. The Hall–Kier alpha value is -1.86. The van der Waals surface area contributed by atoms with E-state index in [1.54, 1.807) is 13.8 Å². The molecule has 0 heterocycles. The first-order valence-electron chi connectivity index (χ1n) is 6.23. The number of aliphatic carboxylic acids is 1. The zero-order valence-electron chi connectivity index (χ0n) is 11.9. The molecule has 0 aliphatic rings. The molecule has 0 bridgehead atoms. The molecule has 0 spiro atoms. The Balaban J connectivity index is 2.98. The highest BCUT2D eigenvalue weighted by Gasteiger charge is 2.35. The number of carbonyl (C=O) groups is 1. The summed E-state index contributed by atoms with van der Waals surface area (Å²) in [5.41, 5.74) is -1.64. The van der Waals surface area contributed by atoms with Crippen molar-refractivity contribution in [1.82, 2.24) is 5.32 Å². The number of rotatable bonds is 7. The third-order valence-corrected chi connectivity index (χ3v) is 2.95. The van der Waals surface area contributed by atoms with Crippen molar-refractivity contribution >= 4 is 23.3 Å². The molecule has 0 aliphatic carbocycles. The van der Waals surface area contributed by atoms with E-state index < -0.39 is 16.4 Å². The molecular weight excluding hydrogens is 300 g/mol. The van der Waals surface area contributed by atoms with Crippen LogP contribution in [0.25, 0.3) is 0 Å². The van der Waals surface area contributed by atoms with Gasteiger partial charge in [-0.3, -0.25) is 20.2 Å². The van der Waals surface area contributed by atoms with Crippen LogP contribution in [0.3, 0.4) is 0 Å². The summed E-state index contributed by atoms with van der Waals surface area (Å²) in [6.45, 7) is 4.76. The van der Waals surface area contributed by atoms with Gasteiger partial charge in [-0.15, -0.1) is 0 Å². The van der Waals surface area contributed by atoms with Crippen LogP contribution in [0.15, 0.2) is 18.2 Å². The Morgan fingerprint density at radius 2 is 2.19 bits per heavy atom. The van der Waals surface area contributed by atoms with Crippen LogP contribution in [-0.2, 0) is 4.79 Å². The molecule has 0 saturated heterocycles. The maximum atomic E-state index is 11.4. The van der Waals surface area contributed by atoms with Crippen LogP contribution < -0.4 is 10.1 Å². The van der Waals surface area contributed by atoms with Crippen LogP contribution in [-0.4, -0.2) is 34.2 Å². The molecule has 0 saturated carbocycles. The van der Waals surface area contributed by atoms with Crippen LogP contribution >= 0.6 is 11.6 Å². The van der Waals surface area contributed by atoms with E-state index in [4.69, 9.17) is 16.3 Å². The zero-order valence-corrected chi connectivity index (χ0v) is 12.7. The summed E-state index contributed by atoms with van der Waals surface area (Å²) < 4.78 is 5.34. The summed E-state index contributed by atoms with van der Waals surface area (Å²) in [6, 6.07) is 3.78. The first kappa shape index (κ1) is 17.2. The van der Waals surface area contributed by atoms with Crippen molar-refractivity contribution in [3.05, 3.63) is 33.3 Å². The van der Waals surface area contributed by atoms with Crippen molar-refractivity contribution in [2.75, 3.05) is 6.61 Å². The molecule has 1 aromatic rings. The highest BCUT2D eigenvalue weighted by Crippen LogP contribution is 2.30. The molecule has 0 aromatic heterocycles. The monoisotopic (exact) mass is 316 g/mol. The Bertz CT molecular complexity index is 549. The molecule has 116 valence electrons. The second-order valence-corrected chi connectivity index (χ2v) is 5.53. The van der Waals surface area contributed by atoms with Gasteiger partial charge in [-0.25, -0.2) is 0 Å². The number of halogens is 1. The summed E-state index contributed by atoms with van der Waals surface area (Å²) >= 11 is 5.78. The Morgan fingerprint density at radius 3 is 2.67 bits per heavy atom. The molecule has 0 radical (unpaired) electrons. The van der Waals surface area contributed by atoms with Gasteiger partial charge in [-0.2, -0.15) is 0 Å². The Morgan fingerprint density at radius 1 is 1.57 bits per heavy atom. The molecule has 1 unspecified atom stereocenters. The van der Waals surface area contributed by atoms with Crippen LogP contribution in [0.2, 0.25) is 5.02 Å². The molecule has 1 atom stereocenters. The highest BCUT2D eigenvalue weighted by atomic mass is 35.5. The third kappa shape index (κ3) is 4.57. The predicted octanol–water partition coefficient (Wildman–Crippen LogP) is 2.47. The number of ether oxygens (including phenoxy) is 1. The van der Waals surface area contributed by atoms with E-state index in [2.05, 4.69) is 5.32 Å². The zero-order chi connectivity index (χ0) is 16.2. The molecule has 0 amide bonds. The van der Waals surface area contributed by atoms with Gasteiger partial charge >= 0.3 is 11.7 Å². The lowest BCUT2D eigenvalue weighted by molar-refractivity contribution is -0.385. The fraction of sp³-hybridized carbons (Fsp3) is 0.462. The van der Waals surface area contributed by atoms with Crippen molar-refractivity contribution in [3.8, 4) is 5.75 Å². The minimum atomic E-state index is -1.37. The topological polar surface area (TPSA) is 102 Å². The number of nitrogens with zero attached hydrogens (tertiary/aromatic N) is 1. The Labute approximate surface area is 127 Å².